The van der Waals surface area contributed by atoms with Gasteiger partial charge in [0.2, 0.25) is 10.0 Å². The van der Waals surface area contributed by atoms with Gasteiger partial charge in [0.05, 0.1) is 17.0 Å². The SMILES string of the molecule is Cc1ccc(S(=O)(=O)NCCC(=O)OCC(=O)Nc2ccccc2SC(F)F)cc1. The number of carbonyl (C=O) groups is 2. The number of aryl methyl sites for hydroxylation is 1. The molecule has 0 aliphatic rings. The van der Waals surface area contributed by atoms with E-state index in [1.54, 1.807) is 24.3 Å². The maximum atomic E-state index is 12.6. The van der Waals surface area contributed by atoms with Crippen molar-refractivity contribution in [1.29, 1.82) is 0 Å². The summed E-state index contributed by atoms with van der Waals surface area (Å²) in [6, 6.07) is 12.2. The van der Waals surface area contributed by atoms with Gasteiger partial charge in [0, 0.05) is 11.4 Å². The third-order valence-electron chi connectivity index (χ3n) is 3.69. The van der Waals surface area contributed by atoms with Crippen molar-refractivity contribution in [2.24, 2.45) is 0 Å². The van der Waals surface area contributed by atoms with Crippen LogP contribution in [0.25, 0.3) is 0 Å². The molecule has 0 atom stereocenters. The molecule has 0 radical (unpaired) electrons. The van der Waals surface area contributed by atoms with Crippen molar-refractivity contribution in [3.8, 4) is 0 Å². The molecule has 2 aromatic carbocycles. The van der Waals surface area contributed by atoms with Gasteiger partial charge < -0.3 is 10.1 Å². The number of rotatable bonds is 10. The van der Waals surface area contributed by atoms with E-state index in [4.69, 9.17) is 4.74 Å². The van der Waals surface area contributed by atoms with Crippen molar-refractivity contribution in [2.75, 3.05) is 18.5 Å². The highest BCUT2D eigenvalue weighted by Gasteiger charge is 2.16. The first-order valence-electron chi connectivity index (χ1n) is 8.73. The van der Waals surface area contributed by atoms with E-state index < -0.39 is 34.3 Å². The number of hydrogen-bond acceptors (Lipinski definition) is 6. The minimum absolute atomic E-state index is 0.0705. The largest absolute Gasteiger partial charge is 0.456 e. The summed E-state index contributed by atoms with van der Waals surface area (Å²) < 4.78 is 56.4. The summed E-state index contributed by atoms with van der Waals surface area (Å²) in [5.41, 5.74) is 1.08. The minimum atomic E-state index is -3.76. The van der Waals surface area contributed by atoms with E-state index in [0.29, 0.717) is 0 Å². The topological polar surface area (TPSA) is 102 Å². The van der Waals surface area contributed by atoms with Crippen molar-refractivity contribution in [1.82, 2.24) is 4.72 Å². The van der Waals surface area contributed by atoms with Crippen LogP contribution in [0, 0.1) is 6.92 Å². The van der Waals surface area contributed by atoms with E-state index in [2.05, 4.69) is 10.0 Å². The van der Waals surface area contributed by atoms with Gasteiger partial charge in [-0.2, -0.15) is 8.78 Å². The second-order valence-electron chi connectivity index (χ2n) is 6.04. The summed E-state index contributed by atoms with van der Waals surface area (Å²) in [5, 5.41) is 2.40. The Bertz CT molecular complexity index is 983. The molecule has 30 heavy (non-hydrogen) atoms. The van der Waals surface area contributed by atoms with Crippen LogP contribution in [0.15, 0.2) is 58.3 Å². The number of para-hydroxylation sites is 1. The van der Waals surface area contributed by atoms with Crippen LogP contribution in [-0.4, -0.2) is 39.2 Å². The standard InChI is InChI=1S/C19H20F2N2O5S2/c1-13-6-8-14(9-7-13)30(26,27)22-11-10-18(25)28-12-17(24)23-15-4-2-3-5-16(15)29-19(20)21/h2-9,19,22H,10-12H2,1H3,(H,23,24). The van der Waals surface area contributed by atoms with Crippen LogP contribution in [0.3, 0.4) is 0 Å². The molecule has 0 fully saturated rings. The smallest absolute Gasteiger partial charge is 0.307 e. The van der Waals surface area contributed by atoms with E-state index in [1.165, 1.54) is 24.3 Å². The van der Waals surface area contributed by atoms with Crippen LogP contribution in [0.4, 0.5) is 14.5 Å². The summed E-state index contributed by atoms with van der Waals surface area (Å²) in [7, 11) is -3.76. The molecule has 2 N–H and O–H groups in total. The molecule has 0 unspecified atom stereocenters. The number of sulfonamides is 1. The van der Waals surface area contributed by atoms with E-state index >= 15 is 0 Å². The Morgan fingerprint density at radius 3 is 2.43 bits per heavy atom. The van der Waals surface area contributed by atoms with Crippen LogP contribution < -0.4 is 10.0 Å². The van der Waals surface area contributed by atoms with Crippen LogP contribution >= 0.6 is 11.8 Å². The second-order valence-corrected chi connectivity index (χ2v) is 8.84. The Labute approximate surface area is 177 Å². The zero-order chi connectivity index (χ0) is 22.1. The highest BCUT2D eigenvalue weighted by atomic mass is 32.2. The Balaban J connectivity index is 1.77. The number of nitrogens with one attached hydrogen (secondary N) is 2. The predicted molar refractivity (Wildman–Crippen MR) is 109 cm³/mol. The molecule has 0 aliphatic heterocycles. The number of ether oxygens (including phenoxy) is 1. The molecule has 0 saturated heterocycles. The second kappa shape index (κ2) is 11.0. The summed E-state index contributed by atoms with van der Waals surface area (Å²) >= 11 is 0.283. The zero-order valence-corrected chi connectivity index (χ0v) is 17.6. The molecule has 2 rings (SSSR count). The van der Waals surface area contributed by atoms with Gasteiger partial charge in [0.15, 0.2) is 6.61 Å². The molecule has 162 valence electrons. The molecular weight excluding hydrogens is 438 g/mol. The molecule has 1 amide bonds. The lowest BCUT2D eigenvalue weighted by Gasteiger charge is -2.11. The number of halogens is 2. The fourth-order valence-corrected chi connectivity index (χ4v) is 3.89. The average Bonchev–Trinajstić information content (AvgIpc) is 2.68. The van der Waals surface area contributed by atoms with Crippen LogP contribution in [-0.2, 0) is 24.3 Å². The lowest BCUT2D eigenvalue weighted by atomic mass is 10.2. The molecule has 0 bridgehead atoms. The quantitative estimate of drug-likeness (QED) is 0.419. The summed E-state index contributed by atoms with van der Waals surface area (Å²) in [5.74, 6) is -4.14. The van der Waals surface area contributed by atoms with Gasteiger partial charge >= 0.3 is 5.97 Å². The normalized spacial score (nSPS) is 11.3. The minimum Gasteiger partial charge on any atom is -0.456 e. The summed E-state index contributed by atoms with van der Waals surface area (Å²) in [6.07, 6.45) is -0.282. The van der Waals surface area contributed by atoms with E-state index in [-0.39, 0.29) is 40.2 Å². The van der Waals surface area contributed by atoms with Gasteiger partial charge in [0.1, 0.15) is 0 Å². The molecule has 2 aromatic rings. The molecule has 0 spiro atoms. The van der Waals surface area contributed by atoms with Crippen molar-refractivity contribution in [2.45, 2.75) is 28.9 Å². The number of alkyl halides is 2. The molecule has 11 heteroatoms. The van der Waals surface area contributed by atoms with E-state index in [1.807, 2.05) is 6.92 Å². The fourth-order valence-electron chi connectivity index (χ4n) is 2.26. The average molecular weight is 459 g/mol. The number of amides is 1. The third kappa shape index (κ3) is 7.73. The van der Waals surface area contributed by atoms with Gasteiger partial charge in [0.25, 0.3) is 11.7 Å². The maximum Gasteiger partial charge on any atom is 0.307 e. The number of benzene rings is 2. The number of thioether (sulfide) groups is 1. The Morgan fingerprint density at radius 2 is 1.77 bits per heavy atom. The van der Waals surface area contributed by atoms with Gasteiger partial charge in [-0.1, -0.05) is 41.6 Å². The van der Waals surface area contributed by atoms with Gasteiger partial charge in [-0.15, -0.1) is 0 Å². The first-order chi connectivity index (χ1) is 14.2. The van der Waals surface area contributed by atoms with Crippen LogP contribution in [0.5, 0.6) is 0 Å². The van der Waals surface area contributed by atoms with Gasteiger partial charge in [-0.05, 0) is 31.2 Å². The number of esters is 1. The van der Waals surface area contributed by atoms with Crippen molar-refractivity contribution >= 4 is 39.3 Å². The van der Waals surface area contributed by atoms with Crippen molar-refractivity contribution < 1.29 is 31.5 Å². The molecule has 7 nitrogen and oxygen atoms in total. The summed E-state index contributed by atoms with van der Waals surface area (Å²) in [6.45, 7) is 0.994. The fraction of sp³-hybridized carbons (Fsp3) is 0.263. The van der Waals surface area contributed by atoms with Gasteiger partial charge in [-0.25, -0.2) is 13.1 Å². The first kappa shape index (κ1) is 23.8. The lowest BCUT2D eigenvalue weighted by Crippen LogP contribution is -2.28. The zero-order valence-electron chi connectivity index (χ0n) is 15.9. The van der Waals surface area contributed by atoms with Crippen molar-refractivity contribution in [3.63, 3.8) is 0 Å². The Kier molecular flexibility index (Phi) is 8.75. The lowest BCUT2D eigenvalue weighted by molar-refractivity contribution is -0.147. The number of carbonyl (C=O) groups excluding carboxylic acids is 2. The molecule has 0 aromatic heterocycles. The molecule has 0 saturated carbocycles. The predicted octanol–water partition coefficient (Wildman–Crippen LogP) is 3.16. The van der Waals surface area contributed by atoms with Crippen molar-refractivity contribution in [3.05, 3.63) is 54.1 Å². The van der Waals surface area contributed by atoms with E-state index in [0.717, 1.165) is 5.56 Å². The van der Waals surface area contributed by atoms with Crippen LogP contribution in [0.2, 0.25) is 0 Å². The maximum absolute atomic E-state index is 12.6. The highest BCUT2D eigenvalue weighted by Crippen LogP contribution is 2.31. The monoisotopic (exact) mass is 458 g/mol. The molecule has 0 heterocycles. The number of anilines is 1. The molecular formula is C19H20F2N2O5S2. The Morgan fingerprint density at radius 1 is 1.10 bits per heavy atom. The first-order valence-corrected chi connectivity index (χ1v) is 11.1. The van der Waals surface area contributed by atoms with Gasteiger partial charge in [-0.3, -0.25) is 9.59 Å². The van der Waals surface area contributed by atoms with E-state index in [9.17, 15) is 26.8 Å². The molecule has 0 aliphatic carbocycles. The van der Waals surface area contributed by atoms with Crippen LogP contribution in [0.1, 0.15) is 12.0 Å². The Hall–Kier alpha value is -2.50. The number of hydrogen-bond donors (Lipinski definition) is 2. The third-order valence-corrected chi connectivity index (χ3v) is 5.96. The highest BCUT2D eigenvalue weighted by molar-refractivity contribution is 7.99. The summed E-state index contributed by atoms with van der Waals surface area (Å²) in [4.78, 5) is 23.9.